The van der Waals surface area contributed by atoms with Crippen molar-refractivity contribution in [1.82, 2.24) is 15.0 Å². The lowest BCUT2D eigenvalue weighted by atomic mass is 9.84. The van der Waals surface area contributed by atoms with Crippen LogP contribution in [0.3, 0.4) is 0 Å². The average Bonchev–Trinajstić information content (AvgIpc) is 3.23. The molecule has 1 aliphatic rings. The molecule has 1 aliphatic carbocycles. The molecule has 250 valence electrons. The number of aromatic nitrogens is 3. The van der Waals surface area contributed by atoms with E-state index in [0.717, 1.165) is 78.6 Å². The van der Waals surface area contributed by atoms with Crippen LogP contribution in [-0.4, -0.2) is 15.0 Å². The zero-order valence-electron chi connectivity index (χ0n) is 29.4. The first-order valence-corrected chi connectivity index (χ1v) is 18.3. The summed E-state index contributed by atoms with van der Waals surface area (Å²) < 4.78 is 0. The van der Waals surface area contributed by atoms with Gasteiger partial charge in [-0.15, -0.1) is 0 Å². The molecule has 3 aromatic heterocycles. The number of allylic oxidation sites excluding steroid dienone is 1. The van der Waals surface area contributed by atoms with Gasteiger partial charge >= 0.3 is 0 Å². The van der Waals surface area contributed by atoms with Crippen molar-refractivity contribution in [1.29, 1.82) is 0 Å². The molecule has 0 saturated carbocycles. The van der Waals surface area contributed by atoms with Crippen LogP contribution in [0.5, 0.6) is 0 Å². The van der Waals surface area contributed by atoms with Crippen LogP contribution in [0.1, 0.15) is 30.4 Å². The van der Waals surface area contributed by atoms with Crippen LogP contribution in [0, 0.1) is 0 Å². The monoisotopic (exact) mass is 677 g/mol. The first-order valence-electron chi connectivity index (χ1n) is 18.3. The molecular weight excluding hydrogens is 643 g/mol. The second-order valence-corrected chi connectivity index (χ2v) is 14.0. The number of fused-ring (bicyclic) bond motifs is 6. The molecule has 3 heterocycles. The second-order valence-electron chi connectivity index (χ2n) is 14.0. The van der Waals surface area contributed by atoms with E-state index in [1.807, 2.05) is 12.1 Å². The first kappa shape index (κ1) is 31.1. The maximum Gasteiger partial charge on any atom is 0.0978 e. The molecular formula is C50H35N3. The van der Waals surface area contributed by atoms with Gasteiger partial charge in [-0.2, -0.15) is 0 Å². The molecule has 0 fully saturated rings. The van der Waals surface area contributed by atoms with Gasteiger partial charge in [0, 0.05) is 32.8 Å². The minimum atomic E-state index is 0.481. The molecule has 1 unspecified atom stereocenters. The van der Waals surface area contributed by atoms with E-state index in [1.165, 1.54) is 27.6 Å². The molecule has 53 heavy (non-hydrogen) atoms. The molecule has 3 nitrogen and oxygen atoms in total. The largest absolute Gasteiger partial charge is 0.248 e. The van der Waals surface area contributed by atoms with Gasteiger partial charge in [-0.05, 0) is 88.2 Å². The molecule has 0 N–H and O–H groups in total. The van der Waals surface area contributed by atoms with E-state index in [1.54, 1.807) is 0 Å². The van der Waals surface area contributed by atoms with Crippen molar-refractivity contribution in [3.63, 3.8) is 0 Å². The van der Waals surface area contributed by atoms with Gasteiger partial charge in [-0.3, -0.25) is 0 Å². The number of nitrogens with zero attached hydrogens (tertiary/aromatic N) is 3. The fraction of sp³-hybridized carbons (Fsp3) is 0.0600. The molecule has 10 rings (SSSR count). The highest BCUT2D eigenvalue weighted by Gasteiger charge is 2.20. The minimum Gasteiger partial charge on any atom is -0.248 e. The molecule has 0 aliphatic heterocycles. The number of rotatable bonds is 5. The molecule has 0 bridgehead atoms. The molecule has 0 spiro atoms. The van der Waals surface area contributed by atoms with Crippen molar-refractivity contribution >= 4 is 38.8 Å². The fourth-order valence-corrected chi connectivity index (χ4v) is 7.98. The van der Waals surface area contributed by atoms with E-state index in [4.69, 9.17) is 15.0 Å². The number of benzene rings is 6. The Morgan fingerprint density at radius 2 is 1.11 bits per heavy atom. The molecule has 0 radical (unpaired) electrons. The Morgan fingerprint density at radius 3 is 1.85 bits per heavy atom. The summed E-state index contributed by atoms with van der Waals surface area (Å²) in [5.41, 5.74) is 16.2. The van der Waals surface area contributed by atoms with Crippen LogP contribution < -0.4 is 0 Å². The summed E-state index contributed by atoms with van der Waals surface area (Å²) in [6.07, 6.45) is 5.67. The Morgan fingerprint density at radius 1 is 0.472 bits per heavy atom. The van der Waals surface area contributed by atoms with E-state index in [0.29, 0.717) is 5.92 Å². The van der Waals surface area contributed by atoms with Crippen molar-refractivity contribution < 1.29 is 0 Å². The van der Waals surface area contributed by atoms with Crippen molar-refractivity contribution in [3.8, 4) is 56.0 Å². The summed E-state index contributed by atoms with van der Waals surface area (Å²) in [7, 11) is 0. The number of hydrogen-bond acceptors (Lipinski definition) is 3. The van der Waals surface area contributed by atoms with E-state index < -0.39 is 0 Å². The van der Waals surface area contributed by atoms with Crippen LogP contribution in [0.15, 0.2) is 170 Å². The number of hydrogen-bond donors (Lipinski definition) is 0. The third-order valence-electron chi connectivity index (χ3n) is 10.7. The topological polar surface area (TPSA) is 38.7 Å². The molecule has 1 atom stereocenters. The quantitative estimate of drug-likeness (QED) is 0.170. The standard InChI is InChI=1S/C50H35N3/c1-32-13-11-22-40-39(32)24-28-46-48(40)43(33-14-5-2-6-15-33)31-47(51-46)37-21-12-20-36(29-37)42-30-38-23-26-44(34-16-7-3-8-17-34)52-49(38)50-41(42)25-27-45(53-50)35-18-9-4-10-19-35/h2-12,14-32H,13H2,1H3. The van der Waals surface area contributed by atoms with Gasteiger partial charge < -0.3 is 0 Å². The summed E-state index contributed by atoms with van der Waals surface area (Å²) in [6.45, 7) is 2.32. The second kappa shape index (κ2) is 12.8. The van der Waals surface area contributed by atoms with E-state index >= 15 is 0 Å². The summed E-state index contributed by atoms with van der Waals surface area (Å²) >= 11 is 0. The lowest BCUT2D eigenvalue weighted by Crippen LogP contribution is -2.02. The van der Waals surface area contributed by atoms with Gasteiger partial charge in [0.15, 0.2) is 0 Å². The van der Waals surface area contributed by atoms with Crippen LogP contribution in [0.2, 0.25) is 0 Å². The predicted molar refractivity (Wildman–Crippen MR) is 222 cm³/mol. The maximum atomic E-state index is 5.34. The first-order chi connectivity index (χ1) is 26.2. The summed E-state index contributed by atoms with van der Waals surface area (Å²) in [5, 5.41) is 3.34. The van der Waals surface area contributed by atoms with Gasteiger partial charge in [-0.1, -0.05) is 140 Å². The van der Waals surface area contributed by atoms with Gasteiger partial charge in [0.05, 0.1) is 33.6 Å². The smallest absolute Gasteiger partial charge is 0.0978 e. The van der Waals surface area contributed by atoms with E-state index in [2.05, 4.69) is 171 Å². The van der Waals surface area contributed by atoms with Crippen LogP contribution >= 0.6 is 0 Å². The lowest BCUT2D eigenvalue weighted by molar-refractivity contribution is 0.773. The molecule has 9 aromatic rings. The average molecular weight is 678 g/mol. The summed E-state index contributed by atoms with van der Waals surface area (Å²) in [5.74, 6) is 0.481. The number of pyridine rings is 3. The van der Waals surface area contributed by atoms with Crippen LogP contribution in [0.25, 0.3) is 94.8 Å². The Labute approximate surface area is 309 Å². The zero-order valence-corrected chi connectivity index (χ0v) is 29.4. The van der Waals surface area contributed by atoms with Gasteiger partial charge in [0.1, 0.15) is 0 Å². The van der Waals surface area contributed by atoms with Crippen molar-refractivity contribution in [2.24, 2.45) is 0 Å². The molecule has 0 amide bonds. The Bertz CT molecular complexity index is 2860. The van der Waals surface area contributed by atoms with Crippen molar-refractivity contribution in [2.45, 2.75) is 19.3 Å². The van der Waals surface area contributed by atoms with Gasteiger partial charge in [0.2, 0.25) is 0 Å². The Kier molecular flexibility index (Phi) is 7.51. The maximum absolute atomic E-state index is 5.34. The van der Waals surface area contributed by atoms with E-state index in [9.17, 15) is 0 Å². The minimum absolute atomic E-state index is 0.481. The molecule has 0 saturated heterocycles. The SMILES string of the molecule is CC1CC=Cc2c1ccc1nc(-c3cccc(-c4cc5ccc(-c6ccccc6)nc5c5nc(-c6ccccc6)ccc45)c3)cc(-c3ccccc3)c21. The molecule has 3 heteroatoms. The Hall–Kier alpha value is -6.71. The van der Waals surface area contributed by atoms with Crippen molar-refractivity contribution in [2.75, 3.05) is 0 Å². The highest BCUT2D eigenvalue weighted by molar-refractivity contribution is 6.11. The van der Waals surface area contributed by atoms with Crippen LogP contribution in [-0.2, 0) is 0 Å². The fourth-order valence-electron chi connectivity index (χ4n) is 7.98. The third kappa shape index (κ3) is 5.49. The van der Waals surface area contributed by atoms with Gasteiger partial charge in [-0.25, -0.2) is 15.0 Å². The zero-order chi connectivity index (χ0) is 35.3. The predicted octanol–water partition coefficient (Wildman–Crippen LogP) is 13.2. The highest BCUT2D eigenvalue weighted by atomic mass is 14.8. The Balaban J connectivity index is 1.17. The summed E-state index contributed by atoms with van der Waals surface area (Å²) in [6, 6.07) is 58.0. The third-order valence-corrected chi connectivity index (χ3v) is 10.7. The van der Waals surface area contributed by atoms with Crippen LogP contribution in [0.4, 0.5) is 0 Å². The highest BCUT2D eigenvalue weighted by Crippen LogP contribution is 2.42. The lowest BCUT2D eigenvalue weighted by Gasteiger charge is -2.21. The van der Waals surface area contributed by atoms with E-state index in [-0.39, 0.29) is 0 Å². The van der Waals surface area contributed by atoms with Crippen molar-refractivity contribution in [3.05, 3.63) is 181 Å². The molecule has 6 aromatic carbocycles. The normalized spacial score (nSPS) is 13.8. The summed E-state index contributed by atoms with van der Waals surface area (Å²) in [4.78, 5) is 15.9. The van der Waals surface area contributed by atoms with Gasteiger partial charge in [0.25, 0.3) is 0 Å².